The predicted octanol–water partition coefficient (Wildman–Crippen LogP) is 5.54. The summed E-state index contributed by atoms with van der Waals surface area (Å²) in [5.74, 6) is 0. The number of aryl methyl sites for hydroxylation is 1. The van der Waals surface area contributed by atoms with E-state index in [9.17, 15) is 0 Å². The average Bonchev–Trinajstić information content (AvgIpc) is 2.67. The fraction of sp³-hybridized carbons (Fsp3) is 0.478. The Bertz CT molecular complexity index is 644. The standard InChI is InChI=1S/C23H34IN3/c1-5-26(6-2)16-7-8-20(4)25-22-15-17-27(24)23(18-22)14-13-21-11-9-19(3)10-12-21/h9-15,17-18,20,23,25H,5-8,16H2,1-4H3/b14-13+. The van der Waals surface area contributed by atoms with Crippen molar-refractivity contribution < 1.29 is 0 Å². The van der Waals surface area contributed by atoms with E-state index in [1.54, 1.807) is 0 Å². The van der Waals surface area contributed by atoms with Gasteiger partial charge >= 0.3 is 0 Å². The second-order valence-electron chi connectivity index (χ2n) is 7.26. The number of hydrogen-bond acceptors (Lipinski definition) is 3. The highest BCUT2D eigenvalue weighted by Gasteiger charge is 2.14. The minimum atomic E-state index is 0.266. The van der Waals surface area contributed by atoms with E-state index in [2.05, 4.69) is 119 Å². The molecule has 1 aromatic rings. The van der Waals surface area contributed by atoms with E-state index < -0.39 is 0 Å². The number of halogens is 1. The van der Waals surface area contributed by atoms with Crippen LogP contribution in [-0.2, 0) is 0 Å². The summed E-state index contributed by atoms with van der Waals surface area (Å²) in [6, 6.07) is 9.41. The van der Waals surface area contributed by atoms with Gasteiger partial charge in [0.25, 0.3) is 0 Å². The molecule has 0 bridgehead atoms. The van der Waals surface area contributed by atoms with Gasteiger partial charge in [-0.15, -0.1) is 0 Å². The summed E-state index contributed by atoms with van der Waals surface area (Å²) >= 11 is 2.37. The lowest BCUT2D eigenvalue weighted by Gasteiger charge is -2.26. The quantitative estimate of drug-likeness (QED) is 0.351. The van der Waals surface area contributed by atoms with E-state index in [0.29, 0.717) is 6.04 Å². The molecule has 1 aliphatic heterocycles. The molecule has 0 spiro atoms. The molecule has 0 aromatic heterocycles. The van der Waals surface area contributed by atoms with Crippen LogP contribution in [0.3, 0.4) is 0 Å². The molecule has 0 radical (unpaired) electrons. The summed E-state index contributed by atoms with van der Waals surface area (Å²) in [5.41, 5.74) is 3.76. The number of rotatable bonds is 10. The lowest BCUT2D eigenvalue weighted by molar-refractivity contribution is 0.292. The van der Waals surface area contributed by atoms with Crippen molar-refractivity contribution in [3.63, 3.8) is 0 Å². The Hall–Kier alpha value is -1.27. The fourth-order valence-corrected chi connectivity index (χ4v) is 3.71. The molecule has 0 aliphatic carbocycles. The van der Waals surface area contributed by atoms with Gasteiger partial charge in [0.1, 0.15) is 0 Å². The molecule has 2 rings (SSSR count). The zero-order valence-corrected chi connectivity index (χ0v) is 19.3. The maximum Gasteiger partial charge on any atom is 0.0773 e. The van der Waals surface area contributed by atoms with Crippen LogP contribution < -0.4 is 5.32 Å². The van der Waals surface area contributed by atoms with Gasteiger partial charge in [-0.1, -0.05) is 55.8 Å². The maximum absolute atomic E-state index is 3.68. The van der Waals surface area contributed by atoms with Crippen LogP contribution >= 0.6 is 22.9 Å². The summed E-state index contributed by atoms with van der Waals surface area (Å²) in [5, 5.41) is 3.68. The molecule has 0 saturated carbocycles. The van der Waals surface area contributed by atoms with Gasteiger partial charge in [0, 0.05) is 17.9 Å². The van der Waals surface area contributed by atoms with Crippen LogP contribution in [0.15, 0.2) is 54.4 Å². The van der Waals surface area contributed by atoms with Gasteiger partial charge in [0.05, 0.1) is 28.9 Å². The molecule has 1 N–H and O–H groups in total. The topological polar surface area (TPSA) is 18.5 Å². The second kappa shape index (κ2) is 11.5. The molecule has 1 heterocycles. The SMILES string of the molecule is CCN(CC)CCCC(C)NC1=CC(/C=C/c2ccc(C)cc2)N(I)C=C1. The fourth-order valence-electron chi connectivity index (χ4n) is 3.20. The molecular formula is C23H34IN3. The third-order valence-corrected chi connectivity index (χ3v) is 5.98. The van der Waals surface area contributed by atoms with Crippen LogP contribution in [0.4, 0.5) is 0 Å². The van der Waals surface area contributed by atoms with Gasteiger partial charge in [-0.3, -0.25) is 0 Å². The predicted molar refractivity (Wildman–Crippen MR) is 127 cm³/mol. The zero-order chi connectivity index (χ0) is 19.6. The molecule has 1 aromatic carbocycles. The Kier molecular flexibility index (Phi) is 9.42. The van der Waals surface area contributed by atoms with E-state index in [4.69, 9.17) is 0 Å². The van der Waals surface area contributed by atoms with E-state index in [0.717, 1.165) is 13.1 Å². The molecular weight excluding hydrogens is 445 g/mol. The summed E-state index contributed by atoms with van der Waals surface area (Å²) in [7, 11) is 0. The number of benzene rings is 1. The van der Waals surface area contributed by atoms with Crippen LogP contribution in [0.1, 0.15) is 44.7 Å². The molecule has 0 amide bonds. The molecule has 3 nitrogen and oxygen atoms in total. The monoisotopic (exact) mass is 479 g/mol. The Morgan fingerprint density at radius 3 is 2.59 bits per heavy atom. The smallest absolute Gasteiger partial charge is 0.0773 e. The van der Waals surface area contributed by atoms with Gasteiger partial charge in [-0.2, -0.15) is 0 Å². The molecule has 148 valence electrons. The van der Waals surface area contributed by atoms with Crippen molar-refractivity contribution in [2.75, 3.05) is 19.6 Å². The number of nitrogens with one attached hydrogen (secondary N) is 1. The van der Waals surface area contributed by atoms with Crippen LogP contribution in [0.2, 0.25) is 0 Å². The van der Waals surface area contributed by atoms with Gasteiger partial charge in [-0.05, 0) is 64.0 Å². The largest absolute Gasteiger partial charge is 0.383 e. The molecule has 2 unspecified atom stereocenters. The first kappa shape index (κ1) is 22.0. The number of allylic oxidation sites excluding steroid dienone is 1. The third-order valence-electron chi connectivity index (χ3n) is 5.01. The van der Waals surface area contributed by atoms with Gasteiger partial charge in [0.15, 0.2) is 0 Å². The number of hydrogen-bond donors (Lipinski definition) is 1. The van der Waals surface area contributed by atoms with Crippen molar-refractivity contribution in [2.24, 2.45) is 0 Å². The molecule has 4 heteroatoms. The first-order valence-corrected chi connectivity index (χ1v) is 11.1. The minimum absolute atomic E-state index is 0.266. The Labute approximate surface area is 179 Å². The second-order valence-corrected chi connectivity index (χ2v) is 8.37. The molecule has 2 atom stereocenters. The van der Waals surface area contributed by atoms with Crippen LogP contribution in [-0.4, -0.2) is 39.7 Å². The highest BCUT2D eigenvalue weighted by molar-refractivity contribution is 14.1. The number of nitrogens with zero attached hydrogens (tertiary/aromatic N) is 2. The van der Waals surface area contributed by atoms with Crippen LogP contribution in [0.5, 0.6) is 0 Å². The van der Waals surface area contributed by atoms with E-state index in [-0.39, 0.29) is 6.04 Å². The molecule has 0 saturated heterocycles. The van der Waals surface area contributed by atoms with E-state index in [1.807, 2.05) is 0 Å². The normalized spacial score (nSPS) is 18.2. The van der Waals surface area contributed by atoms with Gasteiger partial charge < -0.3 is 13.3 Å². The Morgan fingerprint density at radius 1 is 1.22 bits per heavy atom. The van der Waals surface area contributed by atoms with Crippen molar-refractivity contribution in [1.29, 1.82) is 0 Å². The third kappa shape index (κ3) is 7.70. The summed E-state index contributed by atoms with van der Waals surface area (Å²) in [4.78, 5) is 2.49. The minimum Gasteiger partial charge on any atom is -0.383 e. The van der Waals surface area contributed by atoms with Crippen molar-refractivity contribution in [3.8, 4) is 0 Å². The van der Waals surface area contributed by atoms with Crippen LogP contribution in [0, 0.1) is 6.92 Å². The highest BCUT2D eigenvalue weighted by Crippen LogP contribution is 2.19. The lowest BCUT2D eigenvalue weighted by atomic mass is 10.1. The first-order chi connectivity index (χ1) is 13.0. The van der Waals surface area contributed by atoms with Gasteiger partial charge in [0.2, 0.25) is 0 Å². The van der Waals surface area contributed by atoms with Crippen molar-refractivity contribution >= 4 is 28.9 Å². The highest BCUT2D eigenvalue weighted by atomic mass is 127. The summed E-state index contributed by atoms with van der Waals surface area (Å²) in [6.07, 6.45) is 13.5. The maximum atomic E-state index is 3.68. The Morgan fingerprint density at radius 2 is 1.93 bits per heavy atom. The van der Waals surface area contributed by atoms with Crippen LogP contribution in [0.25, 0.3) is 6.08 Å². The average molecular weight is 479 g/mol. The van der Waals surface area contributed by atoms with Crippen molar-refractivity contribution in [1.82, 2.24) is 13.3 Å². The summed E-state index contributed by atoms with van der Waals surface area (Å²) in [6.45, 7) is 12.4. The summed E-state index contributed by atoms with van der Waals surface area (Å²) < 4.78 is 2.21. The van der Waals surface area contributed by atoms with E-state index in [1.165, 1.54) is 36.2 Å². The van der Waals surface area contributed by atoms with Crippen molar-refractivity contribution in [3.05, 3.63) is 65.5 Å². The van der Waals surface area contributed by atoms with Gasteiger partial charge in [-0.25, -0.2) is 0 Å². The van der Waals surface area contributed by atoms with E-state index >= 15 is 0 Å². The molecule has 1 aliphatic rings. The lowest BCUT2D eigenvalue weighted by Crippen LogP contribution is -2.31. The Balaban J connectivity index is 1.88. The first-order valence-electron chi connectivity index (χ1n) is 10.1. The van der Waals surface area contributed by atoms with Crippen molar-refractivity contribution in [2.45, 2.75) is 52.6 Å². The molecule has 0 fully saturated rings. The zero-order valence-electron chi connectivity index (χ0n) is 17.2. The molecule has 27 heavy (non-hydrogen) atoms.